The first-order valence-electron chi connectivity index (χ1n) is 12.3. The lowest BCUT2D eigenvalue weighted by atomic mass is 9.99. The molecular weight excluding hydrogens is 466 g/mol. The van der Waals surface area contributed by atoms with Crippen LogP contribution in [0, 0.1) is 33.6 Å². The molecule has 0 unspecified atom stereocenters. The van der Waals surface area contributed by atoms with Gasteiger partial charge in [-0.2, -0.15) is 4.31 Å². The van der Waals surface area contributed by atoms with Crippen molar-refractivity contribution >= 4 is 28.1 Å². The van der Waals surface area contributed by atoms with Gasteiger partial charge in [-0.1, -0.05) is 28.9 Å². The summed E-state index contributed by atoms with van der Waals surface area (Å²) >= 11 is 0. The van der Waals surface area contributed by atoms with Gasteiger partial charge in [0.05, 0.1) is 12.0 Å². The van der Waals surface area contributed by atoms with Crippen LogP contribution in [0.3, 0.4) is 0 Å². The number of aryl methyl sites for hydroxylation is 4. The zero-order chi connectivity index (χ0) is 25.2. The predicted octanol–water partition coefficient (Wildman–Crippen LogP) is 3.77. The van der Waals surface area contributed by atoms with Crippen molar-refractivity contribution in [1.29, 1.82) is 0 Å². The van der Waals surface area contributed by atoms with Gasteiger partial charge in [-0.25, -0.2) is 8.42 Å². The third kappa shape index (κ3) is 5.68. The summed E-state index contributed by atoms with van der Waals surface area (Å²) in [5.41, 5.74) is 4.72. The Morgan fingerprint density at radius 2 is 1.89 bits per heavy atom. The van der Waals surface area contributed by atoms with E-state index in [9.17, 15) is 13.2 Å². The number of nitrogens with one attached hydrogen (secondary N) is 1. The van der Waals surface area contributed by atoms with Crippen LogP contribution in [0.5, 0.6) is 0 Å². The minimum absolute atomic E-state index is 0.0529. The molecule has 0 aliphatic carbocycles. The molecule has 2 aromatic rings. The molecule has 2 aliphatic heterocycles. The number of hydrogen-bond donors (Lipinski definition) is 1. The standard InChI is InChI=1S/C26H35N3O5S/c1-17-13-18(2)23(19(3)14-17)9-10-24-25(20(4)28-34-24)35(31,32)29-11-5-7-21(16-29)26(30)27-15-22-8-6-12-33-22/h9-10,13-14,21-22H,5-8,11-12,15-16H2,1-4H3,(H,27,30)/b10-9+/t21-,22+/m0/s1. The first kappa shape index (κ1) is 25.6. The summed E-state index contributed by atoms with van der Waals surface area (Å²) in [4.78, 5) is 12.8. The molecule has 0 saturated carbocycles. The number of aromatic nitrogens is 1. The van der Waals surface area contributed by atoms with Crippen molar-refractivity contribution in [2.75, 3.05) is 26.2 Å². The molecule has 0 spiro atoms. The molecular formula is C26H35N3O5S. The van der Waals surface area contributed by atoms with Crippen molar-refractivity contribution in [3.63, 3.8) is 0 Å². The van der Waals surface area contributed by atoms with Crippen LogP contribution in [0.15, 0.2) is 21.6 Å². The number of ether oxygens (including phenoxy) is 1. The highest BCUT2D eigenvalue weighted by Gasteiger charge is 2.37. The second-order valence-corrected chi connectivity index (χ2v) is 11.6. The lowest BCUT2D eigenvalue weighted by molar-refractivity contribution is -0.126. The van der Waals surface area contributed by atoms with Crippen molar-refractivity contribution in [2.45, 2.75) is 64.4 Å². The van der Waals surface area contributed by atoms with E-state index in [0.29, 0.717) is 31.6 Å². The third-order valence-electron chi connectivity index (χ3n) is 6.85. The van der Waals surface area contributed by atoms with Gasteiger partial charge in [-0.05, 0) is 76.1 Å². The lowest BCUT2D eigenvalue weighted by Crippen LogP contribution is -2.46. The molecule has 0 bridgehead atoms. The molecule has 4 rings (SSSR count). The van der Waals surface area contributed by atoms with Crippen LogP contribution >= 0.6 is 0 Å². The Morgan fingerprint density at radius 3 is 2.57 bits per heavy atom. The van der Waals surface area contributed by atoms with Crippen LogP contribution in [0.4, 0.5) is 0 Å². The van der Waals surface area contributed by atoms with E-state index < -0.39 is 15.9 Å². The van der Waals surface area contributed by atoms with Crippen molar-refractivity contribution in [1.82, 2.24) is 14.8 Å². The fourth-order valence-electron chi connectivity index (χ4n) is 5.08. The van der Waals surface area contributed by atoms with Gasteiger partial charge in [0.25, 0.3) is 0 Å². The Labute approximate surface area is 207 Å². The molecule has 35 heavy (non-hydrogen) atoms. The average Bonchev–Trinajstić information content (AvgIpc) is 3.46. The van der Waals surface area contributed by atoms with Gasteiger partial charge in [0.15, 0.2) is 10.7 Å². The van der Waals surface area contributed by atoms with E-state index in [1.807, 2.05) is 26.8 Å². The highest BCUT2D eigenvalue weighted by molar-refractivity contribution is 7.89. The van der Waals surface area contributed by atoms with Gasteiger partial charge < -0.3 is 14.6 Å². The van der Waals surface area contributed by atoms with Crippen molar-refractivity contribution in [3.8, 4) is 0 Å². The molecule has 2 atom stereocenters. The van der Waals surface area contributed by atoms with Crippen LogP contribution in [-0.2, 0) is 19.6 Å². The molecule has 2 fully saturated rings. The molecule has 1 N–H and O–H groups in total. The van der Waals surface area contributed by atoms with E-state index >= 15 is 0 Å². The number of piperidine rings is 1. The first-order chi connectivity index (χ1) is 16.7. The summed E-state index contributed by atoms with van der Waals surface area (Å²) in [6, 6.07) is 4.18. The number of sulfonamides is 1. The van der Waals surface area contributed by atoms with Crippen LogP contribution in [0.2, 0.25) is 0 Å². The molecule has 1 aromatic heterocycles. The van der Waals surface area contributed by atoms with Gasteiger partial charge in [-0.15, -0.1) is 0 Å². The summed E-state index contributed by atoms with van der Waals surface area (Å²) in [5, 5.41) is 6.90. The SMILES string of the molecule is Cc1cc(C)c(/C=C/c2onc(C)c2S(=O)(=O)N2CCC[C@H](C(=O)NC[C@H]3CCCO3)C2)c(C)c1. The Hall–Kier alpha value is -2.49. The van der Waals surface area contributed by atoms with Gasteiger partial charge in [0, 0.05) is 26.2 Å². The Morgan fingerprint density at radius 1 is 1.14 bits per heavy atom. The largest absolute Gasteiger partial charge is 0.376 e. The van der Waals surface area contributed by atoms with Gasteiger partial charge >= 0.3 is 0 Å². The van der Waals surface area contributed by atoms with Crippen molar-refractivity contribution in [2.24, 2.45) is 5.92 Å². The summed E-state index contributed by atoms with van der Waals surface area (Å²) in [7, 11) is -3.89. The Kier molecular flexibility index (Phi) is 7.78. The Bertz CT molecular complexity index is 1190. The predicted molar refractivity (Wildman–Crippen MR) is 134 cm³/mol. The summed E-state index contributed by atoms with van der Waals surface area (Å²) < 4.78 is 39.7. The monoisotopic (exact) mass is 501 g/mol. The minimum Gasteiger partial charge on any atom is -0.376 e. The first-order valence-corrected chi connectivity index (χ1v) is 13.7. The van der Waals surface area contributed by atoms with Crippen molar-refractivity contribution in [3.05, 3.63) is 45.8 Å². The fourth-order valence-corrected chi connectivity index (χ4v) is 6.85. The minimum atomic E-state index is -3.89. The van der Waals surface area contributed by atoms with Gasteiger partial charge in [-0.3, -0.25) is 4.79 Å². The molecule has 1 amide bonds. The normalized spacial score (nSPS) is 21.6. The van der Waals surface area contributed by atoms with E-state index in [4.69, 9.17) is 9.26 Å². The third-order valence-corrected chi connectivity index (χ3v) is 8.88. The summed E-state index contributed by atoms with van der Waals surface area (Å²) in [6.45, 7) is 9.44. The number of rotatable bonds is 7. The molecule has 190 valence electrons. The number of amides is 1. The maximum Gasteiger partial charge on any atom is 0.248 e. The second-order valence-electron chi connectivity index (χ2n) is 9.69. The second kappa shape index (κ2) is 10.6. The fraction of sp³-hybridized carbons (Fsp3) is 0.538. The zero-order valence-corrected chi connectivity index (χ0v) is 21.8. The van der Waals surface area contributed by atoms with E-state index in [2.05, 4.69) is 22.6 Å². The highest BCUT2D eigenvalue weighted by Crippen LogP contribution is 2.30. The number of carbonyl (C=O) groups is 1. The maximum absolute atomic E-state index is 13.7. The van der Waals surface area contributed by atoms with Crippen LogP contribution in [-0.4, -0.2) is 56.1 Å². The topological polar surface area (TPSA) is 102 Å². The average molecular weight is 502 g/mol. The summed E-state index contributed by atoms with van der Waals surface area (Å²) in [5.74, 6) is -0.309. The zero-order valence-electron chi connectivity index (χ0n) is 21.0. The van der Waals surface area contributed by atoms with Crippen LogP contribution in [0.25, 0.3) is 12.2 Å². The molecule has 2 aliphatic rings. The molecule has 8 nitrogen and oxygen atoms in total. The molecule has 9 heteroatoms. The Balaban J connectivity index is 1.51. The maximum atomic E-state index is 13.7. The van der Waals surface area contributed by atoms with Crippen LogP contribution < -0.4 is 5.32 Å². The van der Waals surface area contributed by atoms with Crippen molar-refractivity contribution < 1.29 is 22.5 Å². The van der Waals surface area contributed by atoms with E-state index in [1.165, 1.54) is 9.87 Å². The van der Waals surface area contributed by atoms with E-state index in [1.54, 1.807) is 13.0 Å². The molecule has 1 aromatic carbocycles. The van der Waals surface area contributed by atoms with Gasteiger partial charge in [0.2, 0.25) is 15.9 Å². The highest BCUT2D eigenvalue weighted by atomic mass is 32.2. The number of nitrogens with zero attached hydrogens (tertiary/aromatic N) is 2. The number of carbonyl (C=O) groups excluding carboxylic acids is 1. The van der Waals surface area contributed by atoms with E-state index in [0.717, 1.165) is 36.1 Å². The number of benzene rings is 1. The summed E-state index contributed by atoms with van der Waals surface area (Å²) in [6.07, 6.45) is 6.83. The number of hydrogen-bond acceptors (Lipinski definition) is 6. The molecule has 3 heterocycles. The smallest absolute Gasteiger partial charge is 0.248 e. The molecule has 2 saturated heterocycles. The van der Waals surface area contributed by atoms with E-state index in [-0.39, 0.29) is 29.2 Å². The van der Waals surface area contributed by atoms with Crippen LogP contribution in [0.1, 0.15) is 59.4 Å². The molecule has 0 radical (unpaired) electrons. The lowest BCUT2D eigenvalue weighted by Gasteiger charge is -2.31. The quantitative estimate of drug-likeness (QED) is 0.620. The van der Waals surface area contributed by atoms with Gasteiger partial charge in [0.1, 0.15) is 5.69 Å².